The van der Waals surface area contributed by atoms with Crippen LogP contribution in [-0.4, -0.2) is 52.1 Å². The van der Waals surface area contributed by atoms with Crippen LogP contribution in [0.2, 0.25) is 0 Å². The van der Waals surface area contributed by atoms with Crippen LogP contribution in [0.15, 0.2) is 12.3 Å². The van der Waals surface area contributed by atoms with Crippen molar-refractivity contribution in [3.05, 3.63) is 18.0 Å². The molecule has 5 fully saturated rings. The first-order chi connectivity index (χ1) is 15.1. The minimum absolute atomic E-state index is 0.113. The van der Waals surface area contributed by atoms with E-state index in [1.54, 1.807) is 4.90 Å². The number of primary amides is 1. The third kappa shape index (κ3) is 3.75. The monoisotopic (exact) mass is 453 g/mol. The molecular weight excluding hydrogens is 427 g/mol. The molecule has 32 heavy (non-hydrogen) atoms. The van der Waals surface area contributed by atoms with Crippen LogP contribution < -0.4 is 11.1 Å². The second kappa shape index (κ2) is 7.48. The molecule has 8 nitrogen and oxygen atoms in total. The van der Waals surface area contributed by atoms with Crippen molar-refractivity contribution in [3.63, 3.8) is 0 Å². The van der Waals surface area contributed by atoms with Gasteiger partial charge in [-0.3, -0.25) is 4.79 Å². The number of ether oxygens (including phenoxy) is 1. The van der Waals surface area contributed by atoms with Crippen molar-refractivity contribution in [1.29, 1.82) is 0 Å². The third-order valence-electron chi connectivity index (χ3n) is 7.67. The van der Waals surface area contributed by atoms with Crippen molar-refractivity contribution in [3.8, 4) is 0 Å². The SMILES string of the molecule is NC(=O)C12CC3CC(C1)C(OC(=O)N1CC[C@@H](Nc4nccc(C(F)(F)F)n4)C1)[C@H](C3)C2. The van der Waals surface area contributed by atoms with E-state index < -0.39 is 23.4 Å². The average Bonchev–Trinajstić information content (AvgIpc) is 3.18. The van der Waals surface area contributed by atoms with Crippen LogP contribution >= 0.6 is 0 Å². The summed E-state index contributed by atoms with van der Waals surface area (Å²) in [6, 6.07) is 0.555. The highest BCUT2D eigenvalue weighted by atomic mass is 19.4. The van der Waals surface area contributed by atoms with Crippen molar-refractivity contribution >= 4 is 17.9 Å². The topological polar surface area (TPSA) is 110 Å². The lowest BCUT2D eigenvalue weighted by Gasteiger charge is -2.58. The molecule has 6 atom stereocenters. The van der Waals surface area contributed by atoms with E-state index >= 15 is 0 Å². The summed E-state index contributed by atoms with van der Waals surface area (Å²) >= 11 is 0. The van der Waals surface area contributed by atoms with Crippen LogP contribution in [-0.2, 0) is 15.7 Å². The van der Waals surface area contributed by atoms with E-state index in [0.29, 0.717) is 38.3 Å². The van der Waals surface area contributed by atoms with E-state index in [4.69, 9.17) is 10.5 Å². The standard InChI is InChI=1S/C21H26F3N5O3/c22-21(23,24)15-1-3-26-18(28-15)27-14-2-4-29(10-14)19(31)32-16-12-5-11-6-13(16)9-20(7-11,8-12)17(25)30/h1,3,11-14,16H,2,4-10H2,(H2,25,30)(H,26,27,28)/t11?,12-,13?,14-,16?,20?/m1/s1. The molecule has 4 aliphatic carbocycles. The van der Waals surface area contributed by atoms with Crippen molar-refractivity contribution in [2.24, 2.45) is 28.9 Å². The zero-order valence-electron chi connectivity index (χ0n) is 17.5. The average molecular weight is 453 g/mol. The summed E-state index contributed by atoms with van der Waals surface area (Å²) in [6.45, 7) is 0.736. The summed E-state index contributed by atoms with van der Waals surface area (Å²) in [6.07, 6.45) is 0.596. The number of alkyl halides is 3. The number of hydrogen-bond donors (Lipinski definition) is 2. The largest absolute Gasteiger partial charge is 0.446 e. The Morgan fingerprint density at radius 1 is 1.22 bits per heavy atom. The Balaban J connectivity index is 1.18. The number of nitrogens with two attached hydrogens (primary N) is 1. The molecule has 1 aromatic heterocycles. The Labute approximate surface area is 183 Å². The molecule has 2 heterocycles. The van der Waals surface area contributed by atoms with Gasteiger partial charge in [-0.05, 0) is 62.3 Å². The van der Waals surface area contributed by atoms with Gasteiger partial charge in [0.05, 0.1) is 5.41 Å². The van der Waals surface area contributed by atoms with Gasteiger partial charge in [-0.1, -0.05) is 0 Å². The van der Waals surface area contributed by atoms with Crippen molar-refractivity contribution in [2.75, 3.05) is 18.4 Å². The molecule has 2 amide bonds. The van der Waals surface area contributed by atoms with Crippen molar-refractivity contribution < 1.29 is 27.5 Å². The number of amides is 2. The number of nitrogens with zero attached hydrogens (tertiary/aromatic N) is 3. The number of rotatable bonds is 4. The van der Waals surface area contributed by atoms with Gasteiger partial charge in [-0.2, -0.15) is 13.2 Å². The first-order valence-electron chi connectivity index (χ1n) is 11.1. The van der Waals surface area contributed by atoms with Gasteiger partial charge in [0.2, 0.25) is 11.9 Å². The van der Waals surface area contributed by atoms with Crippen LogP contribution in [0.4, 0.5) is 23.9 Å². The zero-order chi connectivity index (χ0) is 22.7. The fourth-order valence-electron chi connectivity index (χ4n) is 6.48. The Kier molecular flexibility index (Phi) is 4.97. The molecule has 1 aromatic rings. The zero-order valence-corrected chi connectivity index (χ0v) is 17.5. The highest BCUT2D eigenvalue weighted by Gasteiger charge is 2.59. The highest BCUT2D eigenvalue weighted by molar-refractivity contribution is 5.81. The maximum atomic E-state index is 12.9. The lowest BCUT2D eigenvalue weighted by atomic mass is 9.48. The van der Waals surface area contributed by atoms with Gasteiger partial charge in [0.25, 0.3) is 0 Å². The number of aromatic nitrogens is 2. The Morgan fingerprint density at radius 2 is 1.94 bits per heavy atom. The molecule has 0 spiro atoms. The molecule has 1 saturated heterocycles. The van der Waals surface area contributed by atoms with Crippen LogP contribution in [0.5, 0.6) is 0 Å². The van der Waals surface area contributed by atoms with Crippen LogP contribution in [0, 0.1) is 23.2 Å². The number of carbonyl (C=O) groups excluding carboxylic acids is 2. The van der Waals surface area contributed by atoms with Crippen LogP contribution in [0.1, 0.15) is 44.2 Å². The predicted octanol–water partition coefficient (Wildman–Crippen LogP) is 2.80. The molecule has 11 heteroatoms. The molecule has 0 aromatic carbocycles. The molecule has 174 valence electrons. The van der Waals surface area contributed by atoms with E-state index in [2.05, 4.69) is 15.3 Å². The first kappa shape index (κ1) is 21.3. The van der Waals surface area contributed by atoms with E-state index in [1.165, 1.54) is 0 Å². The maximum absolute atomic E-state index is 12.9. The Morgan fingerprint density at radius 3 is 2.59 bits per heavy atom. The maximum Gasteiger partial charge on any atom is 0.433 e. The third-order valence-corrected chi connectivity index (χ3v) is 7.67. The smallest absolute Gasteiger partial charge is 0.433 e. The number of carbonyl (C=O) groups is 2. The quantitative estimate of drug-likeness (QED) is 0.726. The summed E-state index contributed by atoms with van der Waals surface area (Å²) in [5, 5.41) is 2.89. The number of halogens is 3. The predicted molar refractivity (Wildman–Crippen MR) is 106 cm³/mol. The van der Waals surface area contributed by atoms with Crippen LogP contribution in [0.3, 0.4) is 0 Å². The van der Waals surface area contributed by atoms with E-state index in [0.717, 1.165) is 31.5 Å². The molecule has 0 radical (unpaired) electrons. The van der Waals surface area contributed by atoms with Gasteiger partial charge in [0.1, 0.15) is 11.8 Å². The number of likely N-dealkylation sites (tertiary alicyclic amines) is 1. The first-order valence-corrected chi connectivity index (χ1v) is 11.1. The number of hydrogen-bond acceptors (Lipinski definition) is 6. The molecule has 4 unspecified atom stereocenters. The molecule has 5 aliphatic rings. The lowest BCUT2D eigenvalue weighted by molar-refractivity contribution is -0.161. The highest BCUT2D eigenvalue weighted by Crippen LogP contribution is 2.60. The lowest BCUT2D eigenvalue weighted by Crippen LogP contribution is -2.59. The van der Waals surface area contributed by atoms with E-state index in [1.807, 2.05) is 0 Å². The van der Waals surface area contributed by atoms with Gasteiger partial charge >= 0.3 is 12.3 Å². The van der Waals surface area contributed by atoms with Crippen LogP contribution in [0.25, 0.3) is 0 Å². The van der Waals surface area contributed by atoms with E-state index in [9.17, 15) is 22.8 Å². The Bertz CT molecular complexity index is 910. The van der Waals surface area contributed by atoms with Crippen molar-refractivity contribution in [1.82, 2.24) is 14.9 Å². The second-order valence-electron chi connectivity index (χ2n) is 9.80. The second-order valence-corrected chi connectivity index (χ2v) is 9.80. The van der Waals surface area contributed by atoms with Gasteiger partial charge in [0, 0.05) is 25.3 Å². The fourth-order valence-corrected chi connectivity index (χ4v) is 6.48. The van der Waals surface area contributed by atoms with Crippen molar-refractivity contribution in [2.45, 2.75) is 56.8 Å². The van der Waals surface area contributed by atoms with Gasteiger partial charge in [0.15, 0.2) is 0 Å². The molecule has 1 aliphatic heterocycles. The minimum Gasteiger partial charge on any atom is -0.446 e. The normalized spacial score (nSPS) is 35.7. The number of anilines is 1. The minimum atomic E-state index is -4.55. The van der Waals surface area contributed by atoms with Gasteiger partial charge < -0.3 is 20.7 Å². The molecule has 6 rings (SSSR count). The molecular formula is C21H26F3N5O3. The number of nitrogens with one attached hydrogen (secondary N) is 1. The summed E-state index contributed by atoms with van der Waals surface area (Å²) < 4.78 is 44.5. The van der Waals surface area contributed by atoms with Gasteiger partial charge in [-0.15, -0.1) is 0 Å². The molecule has 3 N–H and O–H groups in total. The van der Waals surface area contributed by atoms with Gasteiger partial charge in [-0.25, -0.2) is 14.8 Å². The summed E-state index contributed by atoms with van der Waals surface area (Å²) in [5.41, 5.74) is 4.26. The van der Waals surface area contributed by atoms with E-state index in [-0.39, 0.29) is 35.8 Å². The molecule has 4 saturated carbocycles. The Hall–Kier alpha value is -2.59. The molecule has 4 bridgehead atoms. The summed E-state index contributed by atoms with van der Waals surface area (Å²) in [7, 11) is 0. The summed E-state index contributed by atoms with van der Waals surface area (Å²) in [5.74, 6) is 0.452. The fraction of sp³-hybridized carbons (Fsp3) is 0.714. The summed E-state index contributed by atoms with van der Waals surface area (Å²) in [4.78, 5) is 33.9.